The SMILES string of the molecule is Fc1ccc(Cn2ccc(I)n2)cc1Cl. The van der Waals surface area contributed by atoms with Crippen molar-refractivity contribution in [3.8, 4) is 0 Å². The second-order valence-corrected chi connectivity index (χ2v) is 4.60. The highest BCUT2D eigenvalue weighted by Crippen LogP contribution is 2.16. The van der Waals surface area contributed by atoms with E-state index in [-0.39, 0.29) is 5.02 Å². The van der Waals surface area contributed by atoms with Crippen LogP contribution in [-0.4, -0.2) is 9.78 Å². The Balaban J connectivity index is 2.21. The second-order valence-electron chi connectivity index (χ2n) is 3.08. The molecule has 0 amide bonds. The lowest BCUT2D eigenvalue weighted by Gasteiger charge is -2.02. The van der Waals surface area contributed by atoms with E-state index in [1.807, 2.05) is 12.3 Å². The van der Waals surface area contributed by atoms with Crippen LogP contribution in [0.4, 0.5) is 4.39 Å². The van der Waals surface area contributed by atoms with Gasteiger partial charge < -0.3 is 0 Å². The third-order valence-corrected chi connectivity index (χ3v) is 2.80. The van der Waals surface area contributed by atoms with Crippen molar-refractivity contribution in [2.75, 3.05) is 0 Å². The van der Waals surface area contributed by atoms with Crippen LogP contribution in [0.15, 0.2) is 30.5 Å². The van der Waals surface area contributed by atoms with Gasteiger partial charge in [0.25, 0.3) is 0 Å². The van der Waals surface area contributed by atoms with Crippen LogP contribution in [0.2, 0.25) is 5.02 Å². The molecule has 0 bridgehead atoms. The van der Waals surface area contributed by atoms with E-state index < -0.39 is 5.82 Å². The standard InChI is InChI=1S/C10H7ClFIN2/c11-8-5-7(1-2-9(8)12)6-15-4-3-10(13)14-15/h1-5H,6H2. The molecule has 0 unspecified atom stereocenters. The fourth-order valence-corrected chi connectivity index (χ4v) is 1.89. The Morgan fingerprint density at radius 1 is 1.40 bits per heavy atom. The molecule has 15 heavy (non-hydrogen) atoms. The molecule has 2 nitrogen and oxygen atoms in total. The van der Waals surface area contributed by atoms with Crippen molar-refractivity contribution in [2.45, 2.75) is 6.54 Å². The van der Waals surface area contributed by atoms with Crippen LogP contribution in [0.5, 0.6) is 0 Å². The normalized spacial score (nSPS) is 10.6. The lowest BCUT2D eigenvalue weighted by Crippen LogP contribution is -2.00. The first kappa shape index (κ1) is 10.9. The molecule has 2 rings (SSSR count). The van der Waals surface area contributed by atoms with E-state index >= 15 is 0 Å². The van der Waals surface area contributed by atoms with E-state index in [9.17, 15) is 4.39 Å². The summed E-state index contributed by atoms with van der Waals surface area (Å²) in [6.45, 7) is 0.600. The molecule has 1 aromatic carbocycles. The zero-order valence-electron chi connectivity index (χ0n) is 7.62. The number of hydrogen-bond acceptors (Lipinski definition) is 1. The van der Waals surface area contributed by atoms with Crippen molar-refractivity contribution in [3.05, 3.63) is 50.6 Å². The molecule has 0 atom stereocenters. The predicted octanol–water partition coefficient (Wildman–Crippen LogP) is 3.33. The van der Waals surface area contributed by atoms with Gasteiger partial charge in [-0.3, -0.25) is 4.68 Å². The molecule has 0 aliphatic rings. The van der Waals surface area contributed by atoms with Crippen LogP contribution in [-0.2, 0) is 6.54 Å². The maximum absolute atomic E-state index is 12.9. The molecule has 1 heterocycles. The summed E-state index contributed by atoms with van der Waals surface area (Å²) in [5, 5.41) is 4.37. The summed E-state index contributed by atoms with van der Waals surface area (Å²) in [5.41, 5.74) is 0.931. The van der Waals surface area contributed by atoms with E-state index in [0.29, 0.717) is 6.54 Å². The van der Waals surface area contributed by atoms with Crippen molar-refractivity contribution in [3.63, 3.8) is 0 Å². The first-order valence-electron chi connectivity index (χ1n) is 4.28. The molecule has 0 aliphatic heterocycles. The fourth-order valence-electron chi connectivity index (χ4n) is 1.25. The van der Waals surface area contributed by atoms with Gasteiger partial charge in [0.05, 0.1) is 11.6 Å². The molecule has 0 fully saturated rings. The monoisotopic (exact) mass is 336 g/mol. The molecular formula is C10H7ClFIN2. The van der Waals surface area contributed by atoms with Crippen molar-refractivity contribution in [2.24, 2.45) is 0 Å². The summed E-state index contributed by atoms with van der Waals surface area (Å²) >= 11 is 7.82. The Bertz CT molecular complexity index is 484. The van der Waals surface area contributed by atoms with E-state index in [0.717, 1.165) is 9.26 Å². The molecule has 2 aromatic rings. The molecule has 0 spiro atoms. The summed E-state index contributed by atoms with van der Waals surface area (Å²) in [7, 11) is 0. The van der Waals surface area contributed by atoms with Crippen LogP contribution in [0.3, 0.4) is 0 Å². The summed E-state index contributed by atoms with van der Waals surface area (Å²) in [5.74, 6) is -0.393. The molecule has 5 heteroatoms. The zero-order valence-corrected chi connectivity index (χ0v) is 10.5. The molecular weight excluding hydrogens is 329 g/mol. The second kappa shape index (κ2) is 4.49. The van der Waals surface area contributed by atoms with Crippen LogP contribution >= 0.6 is 34.2 Å². The minimum absolute atomic E-state index is 0.148. The lowest BCUT2D eigenvalue weighted by molar-refractivity contribution is 0.624. The van der Waals surface area contributed by atoms with Gasteiger partial charge >= 0.3 is 0 Å². The minimum atomic E-state index is -0.393. The number of hydrogen-bond donors (Lipinski definition) is 0. The van der Waals surface area contributed by atoms with Gasteiger partial charge in [0.2, 0.25) is 0 Å². The zero-order chi connectivity index (χ0) is 10.8. The molecule has 0 radical (unpaired) electrons. The van der Waals surface area contributed by atoms with Gasteiger partial charge in [-0.1, -0.05) is 17.7 Å². The van der Waals surface area contributed by atoms with Gasteiger partial charge in [-0.25, -0.2) is 4.39 Å². The maximum atomic E-state index is 12.9. The molecule has 0 saturated heterocycles. The van der Waals surface area contributed by atoms with Crippen LogP contribution < -0.4 is 0 Å². The Morgan fingerprint density at radius 2 is 2.20 bits per heavy atom. The summed E-state index contributed by atoms with van der Waals surface area (Å²) in [6, 6.07) is 6.60. The molecule has 1 aromatic heterocycles. The smallest absolute Gasteiger partial charge is 0.141 e. The fraction of sp³-hybridized carbons (Fsp3) is 0.100. The molecule has 0 saturated carbocycles. The van der Waals surface area contributed by atoms with Gasteiger partial charge in [-0.05, 0) is 46.4 Å². The van der Waals surface area contributed by atoms with E-state index in [2.05, 4.69) is 27.7 Å². The van der Waals surface area contributed by atoms with Gasteiger partial charge in [-0.2, -0.15) is 5.10 Å². The molecule has 78 valence electrons. The number of aromatic nitrogens is 2. The summed E-state index contributed by atoms with van der Waals surface area (Å²) in [4.78, 5) is 0. The lowest BCUT2D eigenvalue weighted by atomic mass is 10.2. The quantitative estimate of drug-likeness (QED) is 0.769. The summed E-state index contributed by atoms with van der Waals surface area (Å²) < 4.78 is 15.6. The van der Waals surface area contributed by atoms with Crippen LogP contribution in [0, 0.1) is 9.52 Å². The minimum Gasteiger partial charge on any atom is -0.267 e. The van der Waals surface area contributed by atoms with E-state index in [4.69, 9.17) is 11.6 Å². The third kappa shape index (κ3) is 2.69. The predicted molar refractivity (Wildman–Crippen MR) is 65.5 cm³/mol. The number of halogens is 3. The number of benzene rings is 1. The topological polar surface area (TPSA) is 17.8 Å². The maximum Gasteiger partial charge on any atom is 0.141 e. The average Bonchev–Trinajstić information content (AvgIpc) is 2.58. The first-order chi connectivity index (χ1) is 7.15. The van der Waals surface area contributed by atoms with Gasteiger partial charge in [0.1, 0.15) is 9.52 Å². The Kier molecular flexibility index (Phi) is 3.25. The van der Waals surface area contributed by atoms with Crippen molar-refractivity contribution in [1.29, 1.82) is 0 Å². The van der Waals surface area contributed by atoms with Crippen molar-refractivity contribution >= 4 is 34.2 Å². The van der Waals surface area contributed by atoms with Crippen LogP contribution in [0.1, 0.15) is 5.56 Å². The Morgan fingerprint density at radius 3 is 2.80 bits per heavy atom. The number of nitrogens with zero attached hydrogens (tertiary/aromatic N) is 2. The average molecular weight is 337 g/mol. The Labute approximate surface area is 105 Å². The highest BCUT2D eigenvalue weighted by Gasteiger charge is 2.02. The van der Waals surface area contributed by atoms with Gasteiger partial charge in [0.15, 0.2) is 0 Å². The van der Waals surface area contributed by atoms with Gasteiger partial charge in [-0.15, -0.1) is 0 Å². The van der Waals surface area contributed by atoms with E-state index in [1.165, 1.54) is 6.07 Å². The third-order valence-electron chi connectivity index (χ3n) is 1.94. The van der Waals surface area contributed by atoms with Crippen molar-refractivity contribution < 1.29 is 4.39 Å². The van der Waals surface area contributed by atoms with E-state index in [1.54, 1.807) is 16.8 Å². The highest BCUT2D eigenvalue weighted by atomic mass is 127. The highest BCUT2D eigenvalue weighted by molar-refractivity contribution is 14.1. The number of rotatable bonds is 2. The summed E-state index contributed by atoms with van der Waals surface area (Å²) in [6.07, 6.45) is 1.87. The Hall–Kier alpha value is -0.620. The van der Waals surface area contributed by atoms with Gasteiger partial charge in [0, 0.05) is 6.20 Å². The first-order valence-corrected chi connectivity index (χ1v) is 5.74. The molecule has 0 N–H and O–H groups in total. The van der Waals surface area contributed by atoms with Crippen LogP contribution in [0.25, 0.3) is 0 Å². The van der Waals surface area contributed by atoms with Crippen molar-refractivity contribution in [1.82, 2.24) is 9.78 Å². The largest absolute Gasteiger partial charge is 0.267 e. The molecule has 0 aliphatic carbocycles.